The number of nitrogens with one attached hydrogen (secondary N) is 2. The molecule has 0 bridgehead atoms. The Morgan fingerprint density at radius 1 is 1.21 bits per heavy atom. The molecular weight excluding hydrogens is 288 g/mol. The third-order valence-electron chi connectivity index (χ3n) is 2.29. The first-order valence-corrected chi connectivity index (χ1v) is 7.16. The van der Waals surface area contributed by atoms with Crippen LogP contribution in [0.25, 0.3) is 0 Å². The van der Waals surface area contributed by atoms with Crippen LogP contribution in [0.5, 0.6) is 0 Å². The van der Waals surface area contributed by atoms with Gasteiger partial charge >= 0.3 is 0 Å². The smallest absolute Gasteiger partial charge is 0.264 e. The molecule has 0 aliphatic carbocycles. The van der Waals surface area contributed by atoms with Gasteiger partial charge in [-0.1, -0.05) is 11.6 Å². The van der Waals surface area contributed by atoms with E-state index in [1.165, 1.54) is 18.5 Å². The highest BCUT2D eigenvalue weighted by Crippen LogP contribution is 2.21. The molecule has 6 nitrogen and oxygen atoms in total. The predicted octanol–water partition coefficient (Wildman–Crippen LogP) is 1.97. The lowest BCUT2D eigenvalue weighted by Crippen LogP contribution is -2.14. The van der Waals surface area contributed by atoms with Gasteiger partial charge in [0.2, 0.25) is 0 Å². The molecule has 0 saturated heterocycles. The molecule has 19 heavy (non-hydrogen) atoms. The zero-order valence-corrected chi connectivity index (χ0v) is 11.5. The van der Waals surface area contributed by atoms with Gasteiger partial charge in [-0.3, -0.25) is 4.72 Å². The van der Waals surface area contributed by atoms with Gasteiger partial charge in [0, 0.05) is 19.4 Å². The predicted molar refractivity (Wildman–Crippen MR) is 73.8 cm³/mol. The summed E-state index contributed by atoms with van der Waals surface area (Å²) in [5.74, 6) is 0.664. The Balaban J connectivity index is 2.30. The summed E-state index contributed by atoms with van der Waals surface area (Å²) in [7, 11) is -2.05. The monoisotopic (exact) mass is 298 g/mol. The molecule has 0 amide bonds. The van der Waals surface area contributed by atoms with Crippen LogP contribution in [0.15, 0.2) is 41.6 Å². The molecular formula is C11H11ClN4O2S. The fraction of sp³-hybridized carbons (Fsp3) is 0.0909. The van der Waals surface area contributed by atoms with Gasteiger partial charge in [0.1, 0.15) is 10.7 Å². The van der Waals surface area contributed by atoms with Crippen molar-refractivity contribution in [3.63, 3.8) is 0 Å². The van der Waals surface area contributed by atoms with Crippen molar-refractivity contribution in [2.24, 2.45) is 0 Å². The molecule has 2 N–H and O–H groups in total. The average Bonchev–Trinajstić information content (AvgIpc) is 2.41. The van der Waals surface area contributed by atoms with Crippen molar-refractivity contribution in [3.8, 4) is 0 Å². The van der Waals surface area contributed by atoms with E-state index in [9.17, 15) is 8.42 Å². The minimum atomic E-state index is -3.75. The van der Waals surface area contributed by atoms with Crippen molar-refractivity contribution in [1.82, 2.24) is 9.97 Å². The molecule has 0 radical (unpaired) electrons. The van der Waals surface area contributed by atoms with Crippen LogP contribution in [0.1, 0.15) is 0 Å². The summed E-state index contributed by atoms with van der Waals surface area (Å²) in [5.41, 5.74) is 0. The van der Waals surface area contributed by atoms with Gasteiger partial charge in [-0.25, -0.2) is 18.4 Å². The Hall–Kier alpha value is -1.86. The zero-order valence-electron chi connectivity index (χ0n) is 9.96. The van der Waals surface area contributed by atoms with Crippen molar-refractivity contribution in [1.29, 1.82) is 0 Å². The molecule has 0 saturated carbocycles. The van der Waals surface area contributed by atoms with Gasteiger partial charge in [0.15, 0.2) is 5.82 Å². The molecule has 100 valence electrons. The van der Waals surface area contributed by atoms with Crippen molar-refractivity contribution in [3.05, 3.63) is 41.7 Å². The number of aromatic nitrogens is 2. The number of anilines is 2. The van der Waals surface area contributed by atoms with Gasteiger partial charge in [-0.15, -0.1) is 0 Å². The molecule has 0 unspecified atom stereocenters. The first-order valence-electron chi connectivity index (χ1n) is 5.30. The highest BCUT2D eigenvalue weighted by molar-refractivity contribution is 7.92. The lowest BCUT2D eigenvalue weighted by molar-refractivity contribution is 0.600. The second-order valence-corrected chi connectivity index (χ2v) is 5.66. The number of rotatable bonds is 4. The summed E-state index contributed by atoms with van der Waals surface area (Å²) >= 11 is 5.85. The summed E-state index contributed by atoms with van der Waals surface area (Å²) in [6, 6.07) is 6.17. The summed E-state index contributed by atoms with van der Waals surface area (Å²) in [5, 5.41) is 3.03. The van der Waals surface area contributed by atoms with E-state index >= 15 is 0 Å². The maximum atomic E-state index is 12.1. The fourth-order valence-corrected chi connectivity index (χ4v) is 2.53. The van der Waals surface area contributed by atoms with Gasteiger partial charge in [-0.2, -0.15) is 0 Å². The minimum absolute atomic E-state index is 0.0354. The minimum Gasteiger partial charge on any atom is -0.373 e. The van der Waals surface area contributed by atoms with E-state index in [0.717, 1.165) is 0 Å². The second-order valence-electron chi connectivity index (χ2n) is 3.57. The van der Waals surface area contributed by atoms with E-state index < -0.39 is 10.0 Å². The zero-order chi connectivity index (χ0) is 13.9. The van der Waals surface area contributed by atoms with E-state index in [2.05, 4.69) is 20.0 Å². The maximum absolute atomic E-state index is 12.1. The standard InChI is InChI=1S/C11H11ClN4O2S/c1-13-10-5-4-8(7-15-10)19(17,18)16-11-9(12)3-2-6-14-11/h2-7H,1H3,(H,13,15)(H,14,16). The maximum Gasteiger partial charge on any atom is 0.264 e. The Morgan fingerprint density at radius 3 is 2.58 bits per heavy atom. The third kappa shape index (κ3) is 3.12. The molecule has 2 aromatic heterocycles. The average molecular weight is 299 g/mol. The van der Waals surface area contributed by atoms with E-state index in [-0.39, 0.29) is 15.7 Å². The van der Waals surface area contributed by atoms with Crippen LogP contribution in [0.3, 0.4) is 0 Å². The van der Waals surface area contributed by atoms with Crippen LogP contribution < -0.4 is 10.0 Å². The second kappa shape index (κ2) is 5.41. The molecule has 0 aromatic carbocycles. The first kappa shape index (κ1) is 13.6. The number of hydrogen-bond acceptors (Lipinski definition) is 5. The quantitative estimate of drug-likeness (QED) is 0.901. The summed E-state index contributed by atoms with van der Waals surface area (Å²) in [6.45, 7) is 0. The Bertz CT molecular complexity index is 673. The van der Waals surface area contributed by atoms with Crippen LogP contribution in [0, 0.1) is 0 Å². The largest absolute Gasteiger partial charge is 0.373 e. The Kier molecular flexibility index (Phi) is 3.87. The Morgan fingerprint density at radius 2 is 2.00 bits per heavy atom. The summed E-state index contributed by atoms with van der Waals surface area (Å²) in [4.78, 5) is 7.85. The topological polar surface area (TPSA) is 84.0 Å². The molecule has 0 fully saturated rings. The van der Waals surface area contributed by atoms with Crippen LogP contribution in [0.2, 0.25) is 5.02 Å². The fourth-order valence-electron chi connectivity index (χ4n) is 1.33. The number of halogens is 1. The van der Waals surface area contributed by atoms with Crippen LogP contribution in [0.4, 0.5) is 11.6 Å². The summed E-state index contributed by atoms with van der Waals surface area (Å²) < 4.78 is 26.5. The van der Waals surface area contributed by atoms with Crippen LogP contribution in [-0.2, 0) is 10.0 Å². The van der Waals surface area contributed by atoms with E-state index in [1.807, 2.05) is 0 Å². The summed E-state index contributed by atoms with van der Waals surface area (Å²) in [6.07, 6.45) is 2.71. The first-order chi connectivity index (χ1) is 9.03. The third-order valence-corrected chi connectivity index (χ3v) is 3.92. The lowest BCUT2D eigenvalue weighted by atomic mass is 10.5. The SMILES string of the molecule is CNc1ccc(S(=O)(=O)Nc2ncccc2Cl)cn1. The molecule has 0 atom stereocenters. The molecule has 0 aliphatic heterocycles. The Labute approximate surface area is 115 Å². The van der Waals surface area contributed by atoms with E-state index in [4.69, 9.17) is 11.6 Å². The van der Waals surface area contributed by atoms with Crippen molar-refractivity contribution >= 4 is 33.3 Å². The molecule has 2 heterocycles. The number of nitrogens with zero attached hydrogens (tertiary/aromatic N) is 2. The number of sulfonamides is 1. The van der Waals surface area contributed by atoms with Gasteiger partial charge in [0.05, 0.1) is 5.02 Å². The molecule has 0 spiro atoms. The highest BCUT2D eigenvalue weighted by atomic mass is 35.5. The van der Waals surface area contributed by atoms with Crippen LogP contribution in [-0.4, -0.2) is 25.4 Å². The van der Waals surface area contributed by atoms with Crippen molar-refractivity contribution in [2.45, 2.75) is 4.90 Å². The van der Waals surface area contributed by atoms with Gasteiger partial charge in [-0.05, 0) is 24.3 Å². The molecule has 2 aromatic rings. The normalized spacial score (nSPS) is 11.1. The van der Waals surface area contributed by atoms with Gasteiger partial charge in [0.25, 0.3) is 10.0 Å². The van der Waals surface area contributed by atoms with Gasteiger partial charge < -0.3 is 5.32 Å². The van der Waals surface area contributed by atoms with E-state index in [0.29, 0.717) is 5.82 Å². The number of pyridine rings is 2. The van der Waals surface area contributed by atoms with E-state index in [1.54, 1.807) is 25.2 Å². The molecule has 2 rings (SSSR count). The lowest BCUT2D eigenvalue weighted by Gasteiger charge is -2.08. The molecule has 8 heteroatoms. The highest BCUT2D eigenvalue weighted by Gasteiger charge is 2.16. The van der Waals surface area contributed by atoms with Crippen molar-refractivity contribution < 1.29 is 8.42 Å². The van der Waals surface area contributed by atoms with Crippen LogP contribution >= 0.6 is 11.6 Å². The van der Waals surface area contributed by atoms with Crippen molar-refractivity contribution in [2.75, 3.05) is 17.1 Å². The number of hydrogen-bond donors (Lipinski definition) is 2. The molecule has 0 aliphatic rings.